The van der Waals surface area contributed by atoms with E-state index >= 15 is 0 Å². The number of nitrogens with zero attached hydrogens (tertiary/aromatic N) is 1. The lowest BCUT2D eigenvalue weighted by molar-refractivity contribution is -0.956. The van der Waals surface area contributed by atoms with Crippen LogP contribution in [0, 0.1) is 0 Å². The van der Waals surface area contributed by atoms with Crippen LogP contribution in [0.2, 0.25) is 0 Å². The molecule has 3 aliphatic rings. The van der Waals surface area contributed by atoms with Crippen LogP contribution in [0.3, 0.4) is 0 Å². The molecule has 226 valence electrons. The number of piperidine rings is 1. The first kappa shape index (κ1) is 29.5. The number of benzene rings is 3. The van der Waals surface area contributed by atoms with Crippen molar-refractivity contribution >= 4 is 11.9 Å². The van der Waals surface area contributed by atoms with Crippen molar-refractivity contribution in [3.8, 4) is 0 Å². The van der Waals surface area contributed by atoms with Crippen LogP contribution in [-0.2, 0) is 35.8 Å². The third kappa shape index (κ3) is 5.86. The van der Waals surface area contributed by atoms with Gasteiger partial charge in [-0.05, 0) is 30.0 Å². The number of nitrogens with two attached hydrogens (primary N) is 1. The highest BCUT2D eigenvalue weighted by molar-refractivity contribution is 5.86. The normalized spacial score (nSPS) is 23.9. The van der Waals surface area contributed by atoms with E-state index in [1.807, 2.05) is 91.0 Å². The molecule has 4 atom stereocenters. The Morgan fingerprint density at radius 3 is 1.88 bits per heavy atom. The zero-order valence-corrected chi connectivity index (χ0v) is 25.0. The van der Waals surface area contributed by atoms with E-state index in [9.17, 15) is 9.59 Å². The SMILES string of the molecule is C[C@@H](OC(=O)[C@@H](N)Cc1ccccc1)OC(C(=O)OC1CC2CCC(C1)[N+]21CCCC1)(c1ccccc1)c1ccccc1. The lowest BCUT2D eigenvalue weighted by Crippen LogP contribution is -2.60. The van der Waals surface area contributed by atoms with Gasteiger partial charge < -0.3 is 24.4 Å². The summed E-state index contributed by atoms with van der Waals surface area (Å²) in [4.78, 5) is 27.6. The number of quaternary nitrogens is 1. The van der Waals surface area contributed by atoms with Gasteiger partial charge in [0.05, 0.1) is 25.2 Å². The van der Waals surface area contributed by atoms with Crippen molar-refractivity contribution in [1.29, 1.82) is 0 Å². The summed E-state index contributed by atoms with van der Waals surface area (Å²) in [5, 5.41) is 0. The quantitative estimate of drug-likeness (QED) is 0.199. The molecule has 43 heavy (non-hydrogen) atoms. The maximum atomic E-state index is 14.6. The fraction of sp³-hybridized carbons (Fsp3) is 0.444. The van der Waals surface area contributed by atoms with Crippen LogP contribution in [0.4, 0.5) is 0 Å². The van der Waals surface area contributed by atoms with E-state index in [4.69, 9.17) is 19.9 Å². The van der Waals surface area contributed by atoms with E-state index in [1.165, 1.54) is 43.3 Å². The molecule has 0 radical (unpaired) electrons. The molecule has 3 saturated heterocycles. The van der Waals surface area contributed by atoms with E-state index in [2.05, 4.69) is 0 Å². The van der Waals surface area contributed by atoms with Crippen molar-refractivity contribution in [3.05, 3.63) is 108 Å². The number of hydrogen-bond donors (Lipinski definition) is 1. The summed E-state index contributed by atoms with van der Waals surface area (Å²) in [6.45, 7) is 4.14. The summed E-state index contributed by atoms with van der Waals surface area (Å²) in [6, 6.07) is 28.5. The van der Waals surface area contributed by atoms with Gasteiger partial charge in [0.15, 0.2) is 0 Å². The Kier molecular flexibility index (Phi) is 8.66. The largest absolute Gasteiger partial charge is 0.459 e. The van der Waals surface area contributed by atoms with Crippen LogP contribution in [0.1, 0.15) is 62.1 Å². The first-order chi connectivity index (χ1) is 20.9. The van der Waals surface area contributed by atoms with Gasteiger partial charge in [0.2, 0.25) is 11.9 Å². The van der Waals surface area contributed by atoms with Crippen LogP contribution in [0.5, 0.6) is 0 Å². The molecule has 2 bridgehead atoms. The Bertz CT molecular complexity index is 1320. The maximum absolute atomic E-state index is 14.6. The molecule has 3 aliphatic heterocycles. The van der Waals surface area contributed by atoms with Crippen molar-refractivity contribution < 1.29 is 28.3 Å². The van der Waals surface area contributed by atoms with Crippen molar-refractivity contribution in [3.63, 3.8) is 0 Å². The van der Waals surface area contributed by atoms with E-state index < -0.39 is 29.9 Å². The van der Waals surface area contributed by atoms with Gasteiger partial charge in [-0.3, -0.25) is 4.79 Å². The fourth-order valence-corrected chi connectivity index (χ4v) is 7.95. The minimum atomic E-state index is -1.64. The fourth-order valence-electron chi connectivity index (χ4n) is 7.95. The van der Waals surface area contributed by atoms with Crippen molar-refractivity contribution in [2.75, 3.05) is 13.1 Å². The van der Waals surface area contributed by atoms with Gasteiger partial charge in [0, 0.05) is 38.5 Å². The first-order valence-electron chi connectivity index (χ1n) is 15.8. The summed E-state index contributed by atoms with van der Waals surface area (Å²) < 4.78 is 20.0. The highest BCUT2D eigenvalue weighted by Crippen LogP contribution is 2.47. The van der Waals surface area contributed by atoms with Crippen molar-refractivity contribution in [1.82, 2.24) is 0 Å². The van der Waals surface area contributed by atoms with Crippen molar-refractivity contribution in [2.24, 2.45) is 5.73 Å². The lowest BCUT2D eigenvalue weighted by atomic mass is 9.85. The molecule has 7 nitrogen and oxygen atoms in total. The lowest BCUT2D eigenvalue weighted by Gasteiger charge is -2.47. The summed E-state index contributed by atoms with van der Waals surface area (Å²) >= 11 is 0. The molecule has 6 rings (SSSR count). The number of ether oxygens (including phenoxy) is 3. The molecule has 2 N–H and O–H groups in total. The molecule has 3 fully saturated rings. The number of hydrogen-bond acceptors (Lipinski definition) is 6. The molecule has 3 aromatic rings. The van der Waals surface area contributed by atoms with Gasteiger partial charge in [0.1, 0.15) is 12.1 Å². The van der Waals surface area contributed by atoms with E-state index in [0.717, 1.165) is 18.4 Å². The molecular formula is C36H43N2O5+. The van der Waals surface area contributed by atoms with E-state index in [1.54, 1.807) is 6.92 Å². The molecule has 7 heteroatoms. The van der Waals surface area contributed by atoms with E-state index in [0.29, 0.717) is 29.6 Å². The van der Waals surface area contributed by atoms with Gasteiger partial charge in [-0.1, -0.05) is 91.0 Å². The summed E-state index contributed by atoms with van der Waals surface area (Å²) in [5.74, 6) is -1.08. The van der Waals surface area contributed by atoms with Crippen LogP contribution >= 0.6 is 0 Å². The standard InChI is InChI=1S/C36H43N2O5/c1-26(41-34(39)33(37)23-27-13-5-2-6-14-27)43-36(28-15-7-3-8-16-28,29-17-9-4-10-18-29)35(40)42-32-24-30-19-20-31(25-32)38(30)21-11-12-22-38/h2-10,13-18,26,30-33H,11-12,19-25,37H2,1H3/q+1/t26-,30?,31?,32?,33-/m0/s1. The van der Waals surface area contributed by atoms with Gasteiger partial charge >= 0.3 is 11.9 Å². The minimum Gasteiger partial charge on any atom is -0.459 e. The smallest absolute Gasteiger partial charge is 0.348 e. The van der Waals surface area contributed by atoms with Crippen molar-refractivity contribution in [2.45, 2.75) is 88.0 Å². The number of carbonyl (C=O) groups is 2. The molecule has 0 amide bonds. The summed E-state index contributed by atoms with van der Waals surface area (Å²) in [6.07, 6.45) is 5.82. The van der Waals surface area contributed by atoms with E-state index in [-0.39, 0.29) is 6.10 Å². The molecule has 3 aromatic carbocycles. The Hall–Kier alpha value is -3.52. The monoisotopic (exact) mass is 583 g/mol. The number of carbonyl (C=O) groups excluding carboxylic acids is 2. The molecule has 1 spiro atoms. The van der Waals surface area contributed by atoms with Gasteiger partial charge in [0.25, 0.3) is 0 Å². The predicted octanol–water partition coefficient (Wildman–Crippen LogP) is 5.25. The van der Waals surface area contributed by atoms with Crippen LogP contribution in [0.25, 0.3) is 0 Å². The van der Waals surface area contributed by atoms with Gasteiger partial charge in [-0.15, -0.1) is 0 Å². The van der Waals surface area contributed by atoms with Gasteiger partial charge in [-0.25, -0.2) is 4.79 Å². The predicted molar refractivity (Wildman–Crippen MR) is 164 cm³/mol. The minimum absolute atomic E-state index is 0.179. The zero-order valence-electron chi connectivity index (χ0n) is 25.0. The second kappa shape index (κ2) is 12.6. The number of rotatable bonds is 10. The Balaban J connectivity index is 1.26. The zero-order chi connectivity index (χ0) is 29.9. The third-order valence-corrected chi connectivity index (χ3v) is 9.90. The second-order valence-corrected chi connectivity index (χ2v) is 12.5. The summed E-state index contributed by atoms with van der Waals surface area (Å²) in [5.41, 5.74) is 6.76. The van der Waals surface area contributed by atoms with Gasteiger partial charge in [-0.2, -0.15) is 0 Å². The highest BCUT2D eigenvalue weighted by atomic mass is 16.7. The van der Waals surface area contributed by atoms with Crippen LogP contribution in [0.15, 0.2) is 91.0 Å². The molecule has 0 aliphatic carbocycles. The highest BCUT2D eigenvalue weighted by Gasteiger charge is 2.57. The number of esters is 2. The molecule has 0 saturated carbocycles. The second-order valence-electron chi connectivity index (χ2n) is 12.5. The van der Waals surface area contributed by atoms with Crippen LogP contribution in [-0.4, -0.2) is 60.0 Å². The molecule has 2 unspecified atom stereocenters. The van der Waals surface area contributed by atoms with Crippen LogP contribution < -0.4 is 5.73 Å². The average molecular weight is 584 g/mol. The Morgan fingerprint density at radius 2 is 1.35 bits per heavy atom. The maximum Gasteiger partial charge on any atom is 0.348 e. The summed E-state index contributed by atoms with van der Waals surface area (Å²) in [7, 11) is 0. The molecular weight excluding hydrogens is 540 g/mol. The molecule has 0 aromatic heterocycles. The average Bonchev–Trinajstić information content (AvgIpc) is 3.57. The third-order valence-electron chi connectivity index (χ3n) is 9.90. The topological polar surface area (TPSA) is 87.9 Å². The Morgan fingerprint density at radius 1 is 0.837 bits per heavy atom. The molecule has 3 heterocycles. The Labute approximate surface area is 254 Å². The first-order valence-corrected chi connectivity index (χ1v) is 15.8.